The Morgan fingerprint density at radius 2 is 1.30 bits per heavy atom. The Kier molecular flexibility index (Phi) is 3.70. The second-order valence-corrected chi connectivity index (χ2v) is 4.58. The van der Waals surface area contributed by atoms with Crippen LogP contribution in [0.3, 0.4) is 0 Å². The van der Waals surface area contributed by atoms with Crippen molar-refractivity contribution in [3.05, 3.63) is 90.3 Å². The molecular weight excluding hydrogens is 242 g/mol. The summed E-state index contributed by atoms with van der Waals surface area (Å²) in [4.78, 5) is 4.27. The lowest BCUT2D eigenvalue weighted by molar-refractivity contribution is 1.30. The van der Waals surface area contributed by atoms with E-state index in [0.29, 0.717) is 0 Å². The first-order valence-electron chi connectivity index (χ1n) is 6.66. The minimum atomic E-state index is 0.972. The van der Waals surface area contributed by atoms with Gasteiger partial charge in [0.1, 0.15) is 0 Å². The van der Waals surface area contributed by atoms with Crippen molar-refractivity contribution < 1.29 is 0 Å². The van der Waals surface area contributed by atoms with Gasteiger partial charge in [0.25, 0.3) is 0 Å². The first-order chi connectivity index (χ1) is 9.92. The SMILES string of the molecule is C(=C\c1ccccn1)/c1ccc(-c2ccccc2)cc1. The number of pyridine rings is 1. The van der Waals surface area contributed by atoms with Crippen LogP contribution < -0.4 is 0 Å². The van der Waals surface area contributed by atoms with Crippen LogP contribution in [-0.2, 0) is 0 Å². The molecule has 0 fully saturated rings. The largest absolute Gasteiger partial charge is 0.257 e. The summed E-state index contributed by atoms with van der Waals surface area (Å²) < 4.78 is 0. The highest BCUT2D eigenvalue weighted by Crippen LogP contribution is 2.19. The predicted octanol–water partition coefficient (Wildman–Crippen LogP) is 4.92. The van der Waals surface area contributed by atoms with Gasteiger partial charge in [0.2, 0.25) is 0 Å². The third-order valence-corrected chi connectivity index (χ3v) is 3.15. The van der Waals surface area contributed by atoms with E-state index in [1.54, 1.807) is 6.20 Å². The molecule has 3 rings (SSSR count). The maximum atomic E-state index is 4.27. The van der Waals surface area contributed by atoms with E-state index in [1.165, 1.54) is 16.7 Å². The topological polar surface area (TPSA) is 12.9 Å². The third kappa shape index (κ3) is 3.01. The quantitative estimate of drug-likeness (QED) is 0.649. The second kappa shape index (κ2) is 5.98. The lowest BCUT2D eigenvalue weighted by Gasteiger charge is -2.01. The Hall–Kier alpha value is -2.67. The third-order valence-electron chi connectivity index (χ3n) is 3.15. The molecular formula is C19H15N. The fourth-order valence-electron chi connectivity index (χ4n) is 2.07. The van der Waals surface area contributed by atoms with E-state index in [1.807, 2.05) is 30.3 Å². The Balaban J connectivity index is 1.79. The van der Waals surface area contributed by atoms with E-state index < -0.39 is 0 Å². The number of benzene rings is 2. The zero-order valence-electron chi connectivity index (χ0n) is 11.1. The van der Waals surface area contributed by atoms with Crippen LogP contribution in [-0.4, -0.2) is 4.98 Å². The molecule has 2 aromatic carbocycles. The van der Waals surface area contributed by atoms with E-state index in [2.05, 4.69) is 59.6 Å². The van der Waals surface area contributed by atoms with Gasteiger partial charge in [-0.2, -0.15) is 0 Å². The summed E-state index contributed by atoms with van der Waals surface area (Å²) in [5, 5.41) is 0. The van der Waals surface area contributed by atoms with Crippen LogP contribution in [0.15, 0.2) is 79.0 Å². The highest BCUT2D eigenvalue weighted by molar-refractivity contribution is 5.71. The van der Waals surface area contributed by atoms with Gasteiger partial charge >= 0.3 is 0 Å². The molecule has 0 aliphatic heterocycles. The van der Waals surface area contributed by atoms with Crippen molar-refractivity contribution in [2.45, 2.75) is 0 Å². The number of hydrogen-bond donors (Lipinski definition) is 0. The summed E-state index contributed by atoms with van der Waals surface area (Å²) >= 11 is 0. The first-order valence-corrected chi connectivity index (χ1v) is 6.66. The van der Waals surface area contributed by atoms with Crippen LogP contribution in [0.5, 0.6) is 0 Å². The minimum absolute atomic E-state index is 0.972. The Morgan fingerprint density at radius 1 is 0.600 bits per heavy atom. The monoisotopic (exact) mass is 257 g/mol. The van der Waals surface area contributed by atoms with E-state index in [9.17, 15) is 0 Å². The van der Waals surface area contributed by atoms with Crippen LogP contribution in [0, 0.1) is 0 Å². The van der Waals surface area contributed by atoms with Gasteiger partial charge in [0, 0.05) is 6.20 Å². The van der Waals surface area contributed by atoms with E-state index >= 15 is 0 Å². The molecule has 20 heavy (non-hydrogen) atoms. The molecule has 0 bridgehead atoms. The minimum Gasteiger partial charge on any atom is -0.257 e. The van der Waals surface area contributed by atoms with Crippen LogP contribution in [0.1, 0.15) is 11.3 Å². The zero-order chi connectivity index (χ0) is 13.6. The maximum Gasteiger partial charge on any atom is 0.0629 e. The average molecular weight is 257 g/mol. The number of nitrogens with zero attached hydrogens (tertiary/aromatic N) is 1. The van der Waals surface area contributed by atoms with Crippen LogP contribution in [0.2, 0.25) is 0 Å². The maximum absolute atomic E-state index is 4.27. The summed E-state index contributed by atoms with van der Waals surface area (Å²) in [6.45, 7) is 0. The summed E-state index contributed by atoms with van der Waals surface area (Å²) in [5.41, 5.74) is 4.63. The first kappa shape index (κ1) is 12.4. The molecule has 1 aromatic heterocycles. The molecule has 0 radical (unpaired) electrons. The molecule has 0 spiro atoms. The van der Waals surface area contributed by atoms with Gasteiger partial charge in [-0.3, -0.25) is 4.98 Å². The van der Waals surface area contributed by atoms with Crippen molar-refractivity contribution in [2.75, 3.05) is 0 Å². The Labute approximate surface area is 119 Å². The predicted molar refractivity (Wildman–Crippen MR) is 85.0 cm³/mol. The fraction of sp³-hybridized carbons (Fsp3) is 0. The Morgan fingerprint density at radius 3 is 2.00 bits per heavy atom. The summed E-state index contributed by atoms with van der Waals surface area (Å²) in [5.74, 6) is 0. The van der Waals surface area contributed by atoms with Gasteiger partial charge in [0.15, 0.2) is 0 Å². The molecule has 1 heterocycles. The van der Waals surface area contributed by atoms with Gasteiger partial charge in [-0.1, -0.05) is 66.7 Å². The molecule has 0 atom stereocenters. The summed E-state index contributed by atoms with van der Waals surface area (Å²) in [6.07, 6.45) is 5.91. The second-order valence-electron chi connectivity index (χ2n) is 4.58. The molecule has 0 aliphatic carbocycles. The van der Waals surface area contributed by atoms with E-state index in [0.717, 1.165) is 5.69 Å². The molecule has 0 saturated heterocycles. The standard InChI is InChI=1S/C19H15N/c1-2-6-17(7-3-1)18-12-9-16(10-13-18)11-14-19-8-4-5-15-20-19/h1-15H/b14-11+. The van der Waals surface area contributed by atoms with Gasteiger partial charge < -0.3 is 0 Å². The van der Waals surface area contributed by atoms with Crippen LogP contribution in [0.4, 0.5) is 0 Å². The number of aromatic nitrogens is 1. The van der Waals surface area contributed by atoms with Crippen molar-refractivity contribution in [1.82, 2.24) is 4.98 Å². The smallest absolute Gasteiger partial charge is 0.0629 e. The van der Waals surface area contributed by atoms with Crippen molar-refractivity contribution in [1.29, 1.82) is 0 Å². The van der Waals surface area contributed by atoms with Gasteiger partial charge in [0.05, 0.1) is 5.69 Å². The fourth-order valence-corrected chi connectivity index (χ4v) is 2.07. The van der Waals surface area contributed by atoms with Gasteiger partial charge in [-0.05, 0) is 34.9 Å². The summed E-state index contributed by atoms with van der Waals surface area (Å²) in [6, 6.07) is 24.9. The van der Waals surface area contributed by atoms with Crippen molar-refractivity contribution >= 4 is 12.2 Å². The van der Waals surface area contributed by atoms with Crippen LogP contribution >= 0.6 is 0 Å². The highest BCUT2D eigenvalue weighted by atomic mass is 14.6. The van der Waals surface area contributed by atoms with Crippen molar-refractivity contribution in [3.63, 3.8) is 0 Å². The van der Waals surface area contributed by atoms with E-state index in [-0.39, 0.29) is 0 Å². The Bertz CT molecular complexity index is 683. The van der Waals surface area contributed by atoms with Crippen LogP contribution in [0.25, 0.3) is 23.3 Å². The summed E-state index contributed by atoms with van der Waals surface area (Å²) in [7, 11) is 0. The zero-order valence-corrected chi connectivity index (χ0v) is 11.1. The number of rotatable bonds is 3. The molecule has 96 valence electrons. The number of hydrogen-bond acceptors (Lipinski definition) is 1. The average Bonchev–Trinajstić information content (AvgIpc) is 2.55. The molecule has 0 unspecified atom stereocenters. The van der Waals surface area contributed by atoms with Gasteiger partial charge in [-0.15, -0.1) is 0 Å². The van der Waals surface area contributed by atoms with E-state index in [4.69, 9.17) is 0 Å². The van der Waals surface area contributed by atoms with Crippen molar-refractivity contribution in [3.8, 4) is 11.1 Å². The molecule has 1 nitrogen and oxygen atoms in total. The molecule has 0 aliphatic rings. The van der Waals surface area contributed by atoms with Gasteiger partial charge in [-0.25, -0.2) is 0 Å². The van der Waals surface area contributed by atoms with Crippen molar-refractivity contribution in [2.24, 2.45) is 0 Å². The molecule has 0 N–H and O–H groups in total. The lowest BCUT2D eigenvalue weighted by Crippen LogP contribution is -1.79. The lowest BCUT2D eigenvalue weighted by atomic mass is 10.0. The normalized spacial score (nSPS) is 10.8. The molecule has 3 aromatic rings. The molecule has 0 amide bonds. The molecule has 0 saturated carbocycles. The highest BCUT2D eigenvalue weighted by Gasteiger charge is 1.95. The molecule has 1 heteroatoms.